The number of thiophene rings is 1. The summed E-state index contributed by atoms with van der Waals surface area (Å²) in [6.45, 7) is 4.78. The number of nitrogens with two attached hydrogens (primary N) is 1. The largest absolute Gasteiger partial charge is 0.484 e. The van der Waals surface area contributed by atoms with Gasteiger partial charge in [0.15, 0.2) is 6.61 Å². The molecule has 0 fully saturated rings. The Bertz CT molecular complexity index is 594. The standard InChI is InChI=1S/C16H20N2O2S/c1-16(2,14-7-4-8-21-14)11-18-15(19)10-20-13-6-3-5-12(17)9-13/h3-9H,10-11,17H2,1-2H3,(H,18,19). The monoisotopic (exact) mass is 304 g/mol. The molecule has 3 N–H and O–H groups in total. The summed E-state index contributed by atoms with van der Waals surface area (Å²) in [5.74, 6) is 0.463. The lowest BCUT2D eigenvalue weighted by atomic mass is 9.91. The number of hydrogen-bond acceptors (Lipinski definition) is 4. The number of anilines is 1. The van der Waals surface area contributed by atoms with Crippen LogP contribution in [0.25, 0.3) is 0 Å². The van der Waals surface area contributed by atoms with Crippen LogP contribution in [-0.2, 0) is 10.2 Å². The topological polar surface area (TPSA) is 64.3 Å². The summed E-state index contributed by atoms with van der Waals surface area (Å²) in [6.07, 6.45) is 0. The Morgan fingerprint density at radius 2 is 2.14 bits per heavy atom. The number of amides is 1. The summed E-state index contributed by atoms with van der Waals surface area (Å²) in [6, 6.07) is 11.1. The maximum Gasteiger partial charge on any atom is 0.257 e. The van der Waals surface area contributed by atoms with Crippen LogP contribution in [0, 0.1) is 0 Å². The molecule has 0 aliphatic rings. The second-order valence-corrected chi connectivity index (χ2v) is 6.45. The lowest BCUT2D eigenvalue weighted by Crippen LogP contribution is -2.38. The van der Waals surface area contributed by atoms with Crippen molar-refractivity contribution in [3.05, 3.63) is 46.7 Å². The molecule has 0 spiro atoms. The van der Waals surface area contributed by atoms with E-state index in [2.05, 4.69) is 25.2 Å². The van der Waals surface area contributed by atoms with Crippen LogP contribution >= 0.6 is 11.3 Å². The normalized spacial score (nSPS) is 11.1. The highest BCUT2D eigenvalue weighted by Gasteiger charge is 2.22. The summed E-state index contributed by atoms with van der Waals surface area (Å²) in [7, 11) is 0. The van der Waals surface area contributed by atoms with Gasteiger partial charge in [0.1, 0.15) is 5.75 Å². The van der Waals surface area contributed by atoms with E-state index < -0.39 is 0 Å². The summed E-state index contributed by atoms with van der Waals surface area (Å²) >= 11 is 1.70. The predicted octanol–water partition coefficient (Wildman–Crippen LogP) is 2.80. The number of hydrogen-bond donors (Lipinski definition) is 2. The lowest BCUT2D eigenvalue weighted by molar-refractivity contribution is -0.123. The Morgan fingerprint density at radius 1 is 1.33 bits per heavy atom. The van der Waals surface area contributed by atoms with Gasteiger partial charge in [0.05, 0.1) is 0 Å². The minimum Gasteiger partial charge on any atom is -0.484 e. The number of carbonyl (C=O) groups excluding carboxylic acids is 1. The molecule has 0 saturated heterocycles. The molecular formula is C16H20N2O2S. The van der Waals surface area contributed by atoms with Crippen molar-refractivity contribution in [2.75, 3.05) is 18.9 Å². The molecule has 112 valence electrons. The highest BCUT2D eigenvalue weighted by atomic mass is 32.1. The fourth-order valence-corrected chi connectivity index (χ4v) is 2.73. The van der Waals surface area contributed by atoms with E-state index in [1.54, 1.807) is 35.6 Å². The molecule has 0 aliphatic heterocycles. The molecule has 0 saturated carbocycles. The van der Waals surface area contributed by atoms with Gasteiger partial charge in [-0.3, -0.25) is 4.79 Å². The predicted molar refractivity (Wildman–Crippen MR) is 86.7 cm³/mol. The molecular weight excluding hydrogens is 284 g/mol. The van der Waals surface area contributed by atoms with Crippen LogP contribution < -0.4 is 15.8 Å². The van der Waals surface area contributed by atoms with Gasteiger partial charge in [0.25, 0.3) is 5.91 Å². The van der Waals surface area contributed by atoms with E-state index in [9.17, 15) is 4.79 Å². The molecule has 1 amide bonds. The number of rotatable bonds is 6. The first-order chi connectivity index (χ1) is 9.97. The first-order valence-corrected chi connectivity index (χ1v) is 7.64. The van der Waals surface area contributed by atoms with Crippen molar-refractivity contribution in [3.8, 4) is 5.75 Å². The second kappa shape index (κ2) is 6.63. The number of nitrogens with one attached hydrogen (secondary N) is 1. The fraction of sp³-hybridized carbons (Fsp3) is 0.312. The van der Waals surface area contributed by atoms with E-state index >= 15 is 0 Å². The van der Waals surface area contributed by atoms with E-state index in [1.807, 2.05) is 11.4 Å². The smallest absolute Gasteiger partial charge is 0.257 e. The third kappa shape index (κ3) is 4.49. The van der Waals surface area contributed by atoms with Crippen molar-refractivity contribution < 1.29 is 9.53 Å². The quantitative estimate of drug-likeness (QED) is 0.807. The molecule has 0 aliphatic carbocycles. The first kappa shape index (κ1) is 15.4. The molecule has 1 aromatic heterocycles. The van der Waals surface area contributed by atoms with Gasteiger partial charge in [-0.15, -0.1) is 11.3 Å². The van der Waals surface area contributed by atoms with Crippen LogP contribution in [0.2, 0.25) is 0 Å². The maximum absolute atomic E-state index is 11.9. The minimum atomic E-state index is -0.137. The number of benzene rings is 1. The number of carbonyl (C=O) groups is 1. The average molecular weight is 304 g/mol. The lowest BCUT2D eigenvalue weighted by Gasteiger charge is -2.23. The summed E-state index contributed by atoms with van der Waals surface area (Å²) in [5, 5.41) is 4.95. The van der Waals surface area contributed by atoms with Crippen LogP contribution in [0.5, 0.6) is 5.75 Å². The zero-order valence-electron chi connectivity index (χ0n) is 12.3. The van der Waals surface area contributed by atoms with Crippen molar-refractivity contribution >= 4 is 22.9 Å². The maximum atomic E-state index is 11.9. The molecule has 1 heterocycles. The van der Waals surface area contributed by atoms with E-state index in [-0.39, 0.29) is 17.9 Å². The molecule has 0 atom stereocenters. The van der Waals surface area contributed by atoms with Crippen molar-refractivity contribution in [1.82, 2.24) is 5.32 Å². The van der Waals surface area contributed by atoms with E-state index in [0.29, 0.717) is 18.0 Å². The summed E-state index contributed by atoms with van der Waals surface area (Å²) in [4.78, 5) is 13.1. The summed E-state index contributed by atoms with van der Waals surface area (Å²) < 4.78 is 5.42. The van der Waals surface area contributed by atoms with Gasteiger partial charge >= 0.3 is 0 Å². The van der Waals surface area contributed by atoms with Crippen LogP contribution in [0.3, 0.4) is 0 Å². The highest BCUT2D eigenvalue weighted by Crippen LogP contribution is 2.26. The zero-order valence-corrected chi connectivity index (χ0v) is 13.1. The number of ether oxygens (including phenoxy) is 1. The Labute approximate surface area is 128 Å². The summed E-state index contributed by atoms with van der Waals surface area (Å²) in [5.41, 5.74) is 6.19. The molecule has 2 aromatic rings. The van der Waals surface area contributed by atoms with Gasteiger partial charge in [-0.1, -0.05) is 26.0 Å². The average Bonchev–Trinajstić information content (AvgIpc) is 2.98. The van der Waals surface area contributed by atoms with Crippen LogP contribution in [0.4, 0.5) is 5.69 Å². The third-order valence-corrected chi connectivity index (χ3v) is 4.38. The van der Waals surface area contributed by atoms with E-state index in [4.69, 9.17) is 10.5 Å². The molecule has 5 heteroatoms. The Hall–Kier alpha value is -2.01. The first-order valence-electron chi connectivity index (χ1n) is 6.76. The fourth-order valence-electron chi connectivity index (χ4n) is 1.87. The minimum absolute atomic E-state index is 0.00995. The van der Waals surface area contributed by atoms with Gasteiger partial charge in [-0.2, -0.15) is 0 Å². The second-order valence-electron chi connectivity index (χ2n) is 5.50. The Morgan fingerprint density at radius 3 is 2.81 bits per heavy atom. The van der Waals surface area contributed by atoms with Crippen molar-refractivity contribution in [2.45, 2.75) is 19.3 Å². The molecule has 0 radical (unpaired) electrons. The molecule has 0 unspecified atom stereocenters. The van der Waals surface area contributed by atoms with E-state index in [1.165, 1.54) is 4.88 Å². The zero-order chi connectivity index (χ0) is 15.3. The Balaban J connectivity index is 1.80. The van der Waals surface area contributed by atoms with Gasteiger partial charge in [0, 0.05) is 28.6 Å². The number of nitrogen functional groups attached to an aromatic ring is 1. The van der Waals surface area contributed by atoms with Gasteiger partial charge < -0.3 is 15.8 Å². The van der Waals surface area contributed by atoms with Gasteiger partial charge in [-0.25, -0.2) is 0 Å². The molecule has 0 bridgehead atoms. The van der Waals surface area contributed by atoms with Crippen molar-refractivity contribution in [3.63, 3.8) is 0 Å². The van der Waals surface area contributed by atoms with E-state index in [0.717, 1.165) is 0 Å². The highest BCUT2D eigenvalue weighted by molar-refractivity contribution is 7.10. The van der Waals surface area contributed by atoms with Crippen molar-refractivity contribution in [2.24, 2.45) is 0 Å². The molecule has 4 nitrogen and oxygen atoms in total. The van der Waals surface area contributed by atoms with Crippen LogP contribution in [0.1, 0.15) is 18.7 Å². The molecule has 1 aromatic carbocycles. The van der Waals surface area contributed by atoms with Crippen LogP contribution in [0.15, 0.2) is 41.8 Å². The SMILES string of the molecule is CC(C)(CNC(=O)COc1cccc(N)c1)c1cccs1. The van der Waals surface area contributed by atoms with Crippen LogP contribution in [-0.4, -0.2) is 19.1 Å². The third-order valence-electron chi connectivity index (χ3n) is 3.14. The van der Waals surface area contributed by atoms with Crippen molar-refractivity contribution in [1.29, 1.82) is 0 Å². The van der Waals surface area contributed by atoms with Gasteiger partial charge in [-0.05, 0) is 23.6 Å². The molecule has 2 rings (SSSR count). The van der Waals surface area contributed by atoms with Gasteiger partial charge in [0.2, 0.25) is 0 Å². The Kier molecular flexibility index (Phi) is 4.85. The molecule has 21 heavy (non-hydrogen) atoms.